The molecule has 4 N–H and O–H groups in total. The third-order valence-electron chi connectivity index (χ3n) is 11.7. The van der Waals surface area contributed by atoms with Crippen molar-refractivity contribution < 1.29 is 62.8 Å². The molecule has 3 aromatic carbocycles. The quantitative estimate of drug-likeness (QED) is 0.0413. The highest BCUT2D eigenvalue weighted by molar-refractivity contribution is 8.04. The van der Waals surface area contributed by atoms with E-state index in [4.69, 9.17) is 35.3 Å². The van der Waals surface area contributed by atoms with E-state index in [1.807, 2.05) is 56.4 Å². The molecule has 0 atom stereocenters. The molecular formula is C47H61ClN8O14S3. The summed E-state index contributed by atoms with van der Waals surface area (Å²) in [5.41, 5.74) is 6.16. The third-order valence-corrected chi connectivity index (χ3v) is 16.2. The van der Waals surface area contributed by atoms with Crippen molar-refractivity contribution in [1.29, 1.82) is 0 Å². The van der Waals surface area contributed by atoms with Gasteiger partial charge in [-0.2, -0.15) is 16.8 Å². The van der Waals surface area contributed by atoms with Crippen molar-refractivity contribution in [2.75, 3.05) is 85.5 Å². The number of aromatic nitrogens is 4. The molecule has 1 aliphatic rings. The number of amides is 1. The van der Waals surface area contributed by atoms with E-state index >= 15 is 0 Å². The molecular weight excluding hydrogens is 1030 g/mol. The van der Waals surface area contributed by atoms with Crippen LogP contribution in [0.5, 0.6) is 17.2 Å². The van der Waals surface area contributed by atoms with Crippen molar-refractivity contribution in [2.24, 2.45) is 0 Å². The number of hydrogen-bond donors (Lipinski definition) is 4. The summed E-state index contributed by atoms with van der Waals surface area (Å²) in [5, 5.41) is 14.1. The minimum absolute atomic E-state index is 0.00203. The number of sulfone groups is 1. The van der Waals surface area contributed by atoms with Crippen molar-refractivity contribution in [3.63, 3.8) is 0 Å². The van der Waals surface area contributed by atoms with E-state index < -0.39 is 53.7 Å². The molecule has 0 unspecified atom stereocenters. The van der Waals surface area contributed by atoms with Crippen LogP contribution in [0.25, 0.3) is 11.1 Å². The average molecular weight is 1090 g/mol. The van der Waals surface area contributed by atoms with Gasteiger partial charge in [-0.15, -0.1) is 5.10 Å². The molecule has 1 saturated heterocycles. The lowest BCUT2D eigenvalue weighted by molar-refractivity contribution is -0.121. The smallest absolute Gasteiger partial charge is 0.286 e. The first-order valence-corrected chi connectivity index (χ1v) is 28.3. The number of nitrogens with zero attached hydrogens (tertiary/aromatic N) is 6. The van der Waals surface area contributed by atoms with E-state index in [1.165, 1.54) is 30.4 Å². The molecule has 2 aromatic heterocycles. The summed E-state index contributed by atoms with van der Waals surface area (Å²) in [6, 6.07) is 16.3. The number of carbonyl (C=O) groups is 1. The van der Waals surface area contributed by atoms with Gasteiger partial charge in [0.05, 0.1) is 62.2 Å². The summed E-state index contributed by atoms with van der Waals surface area (Å²) < 4.78 is 118. The number of ether oxygens (including phenoxy) is 5. The second-order valence-electron chi connectivity index (χ2n) is 17.3. The molecule has 398 valence electrons. The molecule has 0 aliphatic carbocycles. The maximum absolute atomic E-state index is 12.7. The minimum atomic E-state index is -5.27. The molecule has 22 nitrogen and oxygen atoms in total. The van der Waals surface area contributed by atoms with E-state index in [0.717, 1.165) is 66.8 Å². The van der Waals surface area contributed by atoms with Crippen molar-refractivity contribution in [2.45, 2.75) is 56.2 Å². The Morgan fingerprint density at radius 3 is 2.16 bits per heavy atom. The van der Waals surface area contributed by atoms with Crippen molar-refractivity contribution in [3.05, 3.63) is 112 Å². The zero-order valence-corrected chi connectivity index (χ0v) is 44.1. The van der Waals surface area contributed by atoms with E-state index in [2.05, 4.69) is 30.8 Å². The van der Waals surface area contributed by atoms with Gasteiger partial charge in [-0.3, -0.25) is 28.7 Å². The van der Waals surface area contributed by atoms with E-state index in [1.54, 1.807) is 16.8 Å². The summed E-state index contributed by atoms with van der Waals surface area (Å²) >= 11 is 6.81. The number of rotatable bonds is 28. The third kappa shape index (κ3) is 17.4. The van der Waals surface area contributed by atoms with Gasteiger partial charge < -0.3 is 34.3 Å². The SMILES string of the molecule is Cc1c(COc2cc(OCc3cncc(S(C)(=O)=O)c3)c(CN(C)CC(=O)NCC(S(=O)(=O)O)S(=O)(=O)O)cc2Cl)cccc1-c1cccc(OCc2cn(CCOCCOCCN3CCNCC3)nn2)c1C. The standard InChI is InChI=1S/C47H61ClN8O14S3/c1-33-36(7-5-8-40(33)41-9-6-10-43(34(41)2)70-32-38-28-56(53-52-38)16-18-67-20-19-66-17-15-55-13-11-49-12-14-55)31-69-45-23-44(68-30-35-21-39(25-50-24-35)71(4,58)59)37(22-42(45)48)27-54(3)29-46(57)51-26-47(72(60,61)62)73(63,64)65/h5-10,21-25,28,47,49H,11-20,26-27,29-32H2,1-4H3,(H,51,57)(H,60,61,62)(H,63,64,65). The lowest BCUT2D eigenvalue weighted by Crippen LogP contribution is -2.44. The second kappa shape index (κ2) is 26.3. The minimum Gasteiger partial charge on any atom is -0.488 e. The highest BCUT2D eigenvalue weighted by Gasteiger charge is 2.36. The van der Waals surface area contributed by atoms with Gasteiger partial charge in [0.15, 0.2) is 9.84 Å². The highest BCUT2D eigenvalue weighted by atomic mass is 35.5. The molecule has 5 aromatic rings. The molecule has 26 heteroatoms. The molecule has 0 bridgehead atoms. The molecule has 1 aliphatic heterocycles. The average Bonchev–Trinajstić information content (AvgIpc) is 3.78. The maximum atomic E-state index is 12.7. The largest absolute Gasteiger partial charge is 0.488 e. The van der Waals surface area contributed by atoms with Crippen molar-refractivity contribution in [3.8, 4) is 28.4 Å². The van der Waals surface area contributed by atoms with Gasteiger partial charge >= 0.3 is 0 Å². The zero-order valence-electron chi connectivity index (χ0n) is 40.9. The fraction of sp³-hybridized carbons (Fsp3) is 0.447. The Balaban J connectivity index is 1.08. The first-order valence-electron chi connectivity index (χ1n) is 23.0. The van der Waals surface area contributed by atoms with E-state index in [9.17, 15) is 39.2 Å². The van der Waals surface area contributed by atoms with E-state index in [-0.39, 0.29) is 47.8 Å². The summed E-state index contributed by atoms with van der Waals surface area (Å²) in [6.07, 6.45) is 5.56. The van der Waals surface area contributed by atoms with Gasteiger partial charge in [0.1, 0.15) is 42.8 Å². The van der Waals surface area contributed by atoms with Crippen molar-refractivity contribution >= 4 is 47.6 Å². The first kappa shape index (κ1) is 57.0. The lowest BCUT2D eigenvalue weighted by atomic mass is 9.93. The Morgan fingerprint density at radius 2 is 1.47 bits per heavy atom. The molecule has 1 fully saturated rings. The van der Waals surface area contributed by atoms with Crippen LogP contribution < -0.4 is 24.8 Å². The summed E-state index contributed by atoms with van der Waals surface area (Å²) in [4.78, 5) is 20.6. The van der Waals surface area contributed by atoms with Crippen LogP contribution in [-0.4, -0.2) is 160 Å². The summed E-state index contributed by atoms with van der Waals surface area (Å²) in [7, 11) is -12.6. The van der Waals surface area contributed by atoms with Crippen LogP contribution >= 0.6 is 11.6 Å². The summed E-state index contributed by atoms with van der Waals surface area (Å²) in [6.45, 7) is 10.4. The van der Waals surface area contributed by atoms with Crippen molar-refractivity contribution in [1.82, 2.24) is 40.4 Å². The molecule has 6 rings (SSSR count). The first-order chi connectivity index (χ1) is 34.7. The van der Waals surface area contributed by atoms with Crippen LogP contribution in [0.4, 0.5) is 0 Å². The Kier molecular flexibility index (Phi) is 20.5. The molecule has 0 spiro atoms. The number of hydrogen-bond acceptors (Lipinski definition) is 18. The molecule has 3 heterocycles. The summed E-state index contributed by atoms with van der Waals surface area (Å²) in [5.74, 6) is 0.336. The topological polar surface area (TPSA) is 280 Å². The fourth-order valence-electron chi connectivity index (χ4n) is 7.68. The Morgan fingerprint density at radius 1 is 0.808 bits per heavy atom. The normalized spacial score (nSPS) is 13.7. The number of piperazine rings is 1. The van der Waals surface area contributed by atoms with Crippen LogP contribution in [0, 0.1) is 13.8 Å². The van der Waals surface area contributed by atoms with Gasteiger partial charge in [-0.25, -0.2) is 13.1 Å². The Hall–Kier alpha value is -5.32. The molecule has 0 radical (unpaired) electrons. The number of nitrogens with one attached hydrogen (secondary N) is 2. The van der Waals surface area contributed by atoms with Gasteiger partial charge in [-0.05, 0) is 66.9 Å². The predicted octanol–water partition coefficient (Wildman–Crippen LogP) is 3.34. The monoisotopic (exact) mass is 1090 g/mol. The second-order valence-corrected chi connectivity index (χ2v) is 23.2. The van der Waals surface area contributed by atoms with Crippen LogP contribution in [0.3, 0.4) is 0 Å². The van der Waals surface area contributed by atoms with Gasteiger partial charge in [0.25, 0.3) is 20.2 Å². The van der Waals surface area contributed by atoms with Crippen LogP contribution in [-0.2, 0) is 77.3 Å². The number of likely N-dealkylation sites (N-methyl/N-ethyl adjacent to an activating group) is 1. The highest BCUT2D eigenvalue weighted by Crippen LogP contribution is 2.37. The number of halogens is 1. The Labute approximate surface area is 430 Å². The number of carbonyl (C=O) groups excluding carboxylic acids is 1. The van der Waals surface area contributed by atoms with Crippen LogP contribution in [0.1, 0.15) is 33.5 Å². The predicted molar refractivity (Wildman–Crippen MR) is 270 cm³/mol. The fourth-order valence-corrected chi connectivity index (χ4v) is 10.4. The van der Waals surface area contributed by atoms with Gasteiger partial charge in [0.2, 0.25) is 10.5 Å². The molecule has 73 heavy (non-hydrogen) atoms. The molecule has 0 saturated carbocycles. The van der Waals surface area contributed by atoms with Gasteiger partial charge in [0, 0.05) is 75.1 Å². The maximum Gasteiger partial charge on any atom is 0.286 e. The van der Waals surface area contributed by atoms with Crippen LogP contribution in [0.15, 0.2) is 78.1 Å². The molecule has 1 amide bonds. The van der Waals surface area contributed by atoms with Gasteiger partial charge in [-0.1, -0.05) is 47.1 Å². The lowest BCUT2D eigenvalue weighted by Gasteiger charge is -2.26. The van der Waals surface area contributed by atoms with Crippen LogP contribution in [0.2, 0.25) is 5.02 Å². The Bertz CT molecular complexity index is 2980. The zero-order chi connectivity index (χ0) is 52.8. The van der Waals surface area contributed by atoms with E-state index in [0.29, 0.717) is 55.5 Å². The number of benzene rings is 3. The number of pyridine rings is 1.